The second-order valence-corrected chi connectivity index (χ2v) is 5.44. The van der Waals surface area contributed by atoms with Crippen LogP contribution in [-0.2, 0) is 6.54 Å². The lowest BCUT2D eigenvalue weighted by Crippen LogP contribution is -2.40. The molecule has 19 heavy (non-hydrogen) atoms. The second-order valence-electron chi connectivity index (χ2n) is 5.44. The predicted octanol–water partition coefficient (Wildman–Crippen LogP) is 3.35. The maximum absolute atomic E-state index is 4.67. The van der Waals surface area contributed by atoms with Crippen LogP contribution in [0.3, 0.4) is 0 Å². The summed E-state index contributed by atoms with van der Waals surface area (Å²) in [5, 5.41) is 3.34. The van der Waals surface area contributed by atoms with Gasteiger partial charge in [-0.25, -0.2) is 4.98 Å². The van der Waals surface area contributed by atoms with E-state index in [1.807, 2.05) is 6.20 Å². The molecule has 0 aliphatic carbocycles. The molecule has 1 fully saturated rings. The molecule has 0 saturated carbocycles. The second kappa shape index (κ2) is 7.49. The Hall–Kier alpha value is -1.09. The molecule has 1 aromatic rings. The number of hydrogen-bond acceptors (Lipinski definition) is 3. The normalized spacial score (nSPS) is 19.7. The minimum Gasteiger partial charge on any atom is -0.354 e. The Balaban J connectivity index is 2.02. The van der Waals surface area contributed by atoms with Gasteiger partial charge in [-0.2, -0.15) is 0 Å². The highest BCUT2D eigenvalue weighted by atomic mass is 15.2. The Kier molecular flexibility index (Phi) is 5.64. The predicted molar refractivity (Wildman–Crippen MR) is 81.5 cm³/mol. The number of piperidine rings is 1. The van der Waals surface area contributed by atoms with Crippen molar-refractivity contribution in [1.82, 2.24) is 10.3 Å². The molecule has 2 rings (SSSR count). The van der Waals surface area contributed by atoms with Crippen LogP contribution < -0.4 is 10.2 Å². The molecule has 1 saturated heterocycles. The van der Waals surface area contributed by atoms with Crippen LogP contribution in [0.4, 0.5) is 5.82 Å². The molecule has 1 atom stereocenters. The fraction of sp³-hybridized carbons (Fsp3) is 0.688. The van der Waals surface area contributed by atoms with E-state index in [1.165, 1.54) is 50.0 Å². The van der Waals surface area contributed by atoms with E-state index in [-0.39, 0.29) is 0 Å². The molecule has 0 spiro atoms. The molecule has 0 aromatic carbocycles. The van der Waals surface area contributed by atoms with E-state index in [4.69, 9.17) is 0 Å². The highest BCUT2D eigenvalue weighted by Gasteiger charge is 2.22. The number of hydrogen-bond donors (Lipinski definition) is 1. The maximum Gasteiger partial charge on any atom is 0.128 e. The van der Waals surface area contributed by atoms with Crippen LogP contribution in [0.2, 0.25) is 0 Å². The molecule has 1 aromatic heterocycles. The van der Waals surface area contributed by atoms with Crippen molar-refractivity contribution in [3.63, 3.8) is 0 Å². The van der Waals surface area contributed by atoms with Gasteiger partial charge in [-0.05, 0) is 43.9 Å². The number of nitrogens with zero attached hydrogens (tertiary/aromatic N) is 2. The van der Waals surface area contributed by atoms with Gasteiger partial charge in [0, 0.05) is 25.3 Å². The standard InChI is InChI=1S/C16H27N3/c1-3-7-15-8-5-6-11-19(15)16-10-9-14(13-18-16)12-17-4-2/h9-10,13,15,17H,3-8,11-12H2,1-2H3. The molecule has 1 aliphatic rings. The molecule has 0 amide bonds. The molecule has 0 radical (unpaired) electrons. The monoisotopic (exact) mass is 261 g/mol. The van der Waals surface area contributed by atoms with E-state index in [0.29, 0.717) is 6.04 Å². The molecular weight excluding hydrogens is 234 g/mol. The average Bonchev–Trinajstić information content (AvgIpc) is 2.47. The van der Waals surface area contributed by atoms with E-state index >= 15 is 0 Å². The zero-order valence-corrected chi connectivity index (χ0v) is 12.4. The van der Waals surface area contributed by atoms with Crippen molar-refractivity contribution in [2.45, 2.75) is 58.5 Å². The number of pyridine rings is 1. The van der Waals surface area contributed by atoms with Crippen LogP contribution in [0.15, 0.2) is 18.3 Å². The average molecular weight is 261 g/mol. The van der Waals surface area contributed by atoms with E-state index in [9.17, 15) is 0 Å². The van der Waals surface area contributed by atoms with Gasteiger partial charge in [0.1, 0.15) is 5.82 Å². The molecular formula is C16H27N3. The first-order chi connectivity index (χ1) is 9.35. The van der Waals surface area contributed by atoms with Crippen molar-refractivity contribution in [3.8, 4) is 0 Å². The third-order valence-corrected chi connectivity index (χ3v) is 3.93. The van der Waals surface area contributed by atoms with Crippen molar-refractivity contribution in [2.75, 3.05) is 18.0 Å². The van der Waals surface area contributed by atoms with E-state index in [0.717, 1.165) is 13.1 Å². The molecule has 106 valence electrons. The Labute approximate surface area is 117 Å². The molecule has 1 aliphatic heterocycles. The van der Waals surface area contributed by atoms with E-state index in [1.54, 1.807) is 0 Å². The molecule has 0 bridgehead atoms. The maximum atomic E-state index is 4.67. The highest BCUT2D eigenvalue weighted by molar-refractivity contribution is 5.41. The van der Waals surface area contributed by atoms with E-state index < -0.39 is 0 Å². The Bertz CT molecular complexity index is 359. The van der Waals surface area contributed by atoms with Crippen LogP contribution >= 0.6 is 0 Å². The molecule has 2 heterocycles. The molecule has 3 heteroatoms. The van der Waals surface area contributed by atoms with Crippen LogP contribution in [0, 0.1) is 0 Å². The van der Waals surface area contributed by atoms with Crippen molar-refractivity contribution in [3.05, 3.63) is 23.9 Å². The first-order valence-electron chi connectivity index (χ1n) is 7.77. The summed E-state index contributed by atoms with van der Waals surface area (Å²) < 4.78 is 0. The number of nitrogens with one attached hydrogen (secondary N) is 1. The largest absolute Gasteiger partial charge is 0.354 e. The third-order valence-electron chi connectivity index (χ3n) is 3.93. The summed E-state index contributed by atoms with van der Waals surface area (Å²) in [6.07, 6.45) is 8.59. The van der Waals surface area contributed by atoms with Gasteiger partial charge in [0.15, 0.2) is 0 Å². The quantitative estimate of drug-likeness (QED) is 0.851. The summed E-state index contributed by atoms with van der Waals surface area (Å²) in [4.78, 5) is 7.19. The lowest BCUT2D eigenvalue weighted by molar-refractivity contribution is 0.432. The van der Waals surface area contributed by atoms with Crippen LogP contribution in [0.25, 0.3) is 0 Å². The smallest absolute Gasteiger partial charge is 0.128 e. The summed E-state index contributed by atoms with van der Waals surface area (Å²) in [7, 11) is 0. The van der Waals surface area contributed by atoms with Gasteiger partial charge in [-0.15, -0.1) is 0 Å². The fourth-order valence-electron chi connectivity index (χ4n) is 2.90. The first-order valence-corrected chi connectivity index (χ1v) is 7.77. The Morgan fingerprint density at radius 1 is 1.32 bits per heavy atom. The van der Waals surface area contributed by atoms with Gasteiger partial charge in [0.05, 0.1) is 0 Å². The zero-order chi connectivity index (χ0) is 13.5. The molecule has 3 nitrogen and oxygen atoms in total. The first kappa shape index (κ1) is 14.3. The minimum atomic E-state index is 0.700. The molecule has 1 N–H and O–H groups in total. The fourth-order valence-corrected chi connectivity index (χ4v) is 2.90. The van der Waals surface area contributed by atoms with Crippen molar-refractivity contribution in [1.29, 1.82) is 0 Å². The van der Waals surface area contributed by atoms with Crippen LogP contribution in [0.1, 0.15) is 51.5 Å². The van der Waals surface area contributed by atoms with Gasteiger partial charge in [-0.1, -0.05) is 26.3 Å². The van der Waals surface area contributed by atoms with Crippen molar-refractivity contribution >= 4 is 5.82 Å². The van der Waals surface area contributed by atoms with Gasteiger partial charge >= 0.3 is 0 Å². The lowest BCUT2D eigenvalue weighted by Gasteiger charge is -2.36. The van der Waals surface area contributed by atoms with Gasteiger partial charge in [0.25, 0.3) is 0 Å². The van der Waals surface area contributed by atoms with Gasteiger partial charge < -0.3 is 10.2 Å². The van der Waals surface area contributed by atoms with Crippen molar-refractivity contribution < 1.29 is 0 Å². The number of aromatic nitrogens is 1. The van der Waals surface area contributed by atoms with Gasteiger partial charge in [-0.3, -0.25) is 0 Å². The van der Waals surface area contributed by atoms with E-state index in [2.05, 4.69) is 41.2 Å². The zero-order valence-electron chi connectivity index (χ0n) is 12.4. The summed E-state index contributed by atoms with van der Waals surface area (Å²) >= 11 is 0. The van der Waals surface area contributed by atoms with Crippen molar-refractivity contribution in [2.24, 2.45) is 0 Å². The number of rotatable bonds is 6. The Morgan fingerprint density at radius 3 is 2.89 bits per heavy atom. The lowest BCUT2D eigenvalue weighted by atomic mass is 9.98. The van der Waals surface area contributed by atoms with Crippen LogP contribution in [-0.4, -0.2) is 24.1 Å². The van der Waals surface area contributed by atoms with Crippen LogP contribution in [0.5, 0.6) is 0 Å². The SMILES string of the molecule is CCCC1CCCCN1c1ccc(CNCC)cn1. The Morgan fingerprint density at radius 2 is 2.21 bits per heavy atom. The van der Waals surface area contributed by atoms with Gasteiger partial charge in [0.2, 0.25) is 0 Å². The number of anilines is 1. The summed E-state index contributed by atoms with van der Waals surface area (Å²) in [6, 6.07) is 5.11. The summed E-state index contributed by atoms with van der Waals surface area (Å²) in [5.41, 5.74) is 1.27. The third kappa shape index (κ3) is 3.93. The summed E-state index contributed by atoms with van der Waals surface area (Å²) in [5.74, 6) is 1.17. The topological polar surface area (TPSA) is 28.2 Å². The molecule has 1 unspecified atom stereocenters. The highest BCUT2D eigenvalue weighted by Crippen LogP contribution is 2.25. The summed E-state index contributed by atoms with van der Waals surface area (Å²) in [6.45, 7) is 7.50. The minimum absolute atomic E-state index is 0.700.